The quantitative estimate of drug-likeness (QED) is 0.242. The highest BCUT2D eigenvalue weighted by Crippen LogP contribution is 2.34. The lowest BCUT2D eigenvalue weighted by Gasteiger charge is -2.13. The molecule has 2 heterocycles. The van der Waals surface area contributed by atoms with Gasteiger partial charge in [-0.05, 0) is 68.1 Å². The average molecular weight is 507 g/mol. The second-order valence-corrected chi connectivity index (χ2v) is 9.83. The van der Waals surface area contributed by atoms with E-state index in [1.54, 1.807) is 17.4 Å². The molecule has 0 bridgehead atoms. The zero-order valence-electron chi connectivity index (χ0n) is 20.9. The Kier molecular flexibility index (Phi) is 8.05. The third-order valence-electron chi connectivity index (χ3n) is 5.90. The molecule has 1 N–H and O–H groups in total. The Labute approximate surface area is 214 Å². The Morgan fingerprint density at radius 1 is 1.08 bits per heavy atom. The number of aromatic nitrogens is 2. The molecular formula is C28H30N2O5S. The molecule has 0 saturated carbocycles. The molecule has 0 fully saturated rings. The van der Waals surface area contributed by atoms with Gasteiger partial charge in [-0.3, -0.25) is 4.79 Å². The molecule has 1 atom stereocenters. The molecule has 0 aliphatic rings. The van der Waals surface area contributed by atoms with Crippen molar-refractivity contribution < 1.29 is 23.9 Å². The molecule has 0 amide bonds. The Balaban J connectivity index is 1.45. The summed E-state index contributed by atoms with van der Waals surface area (Å²) in [6.45, 7) is 9.35. The van der Waals surface area contributed by atoms with Crippen LogP contribution in [0.5, 0.6) is 11.5 Å². The summed E-state index contributed by atoms with van der Waals surface area (Å²) in [5.41, 5.74) is 5.67. The van der Waals surface area contributed by atoms with Crippen molar-refractivity contribution in [2.24, 2.45) is 0 Å². The van der Waals surface area contributed by atoms with Crippen LogP contribution in [-0.4, -0.2) is 27.8 Å². The van der Waals surface area contributed by atoms with E-state index in [1.165, 1.54) is 6.26 Å². The van der Waals surface area contributed by atoms with Gasteiger partial charge < -0.3 is 19.1 Å². The molecule has 2 aromatic carbocycles. The Bertz CT molecular complexity index is 1290. The number of carboxylic acids is 1. The first kappa shape index (κ1) is 25.4. The standard InChI is InChI=1S/C28H30N2O5S/c1-5-11-33-27-17(2)13-21(14-18(27)3)28-29-19(4)25(36-28)16-34-22-8-6-20(7-9-22)23(15-26(31)32)24-10-12-35-30-24/h6-10,12-14,23H,5,11,15-16H2,1-4H3,(H,31,32)/t23-/m0/s1. The molecule has 7 nitrogen and oxygen atoms in total. The van der Waals surface area contributed by atoms with Crippen LogP contribution in [0.25, 0.3) is 10.6 Å². The third kappa shape index (κ3) is 5.94. The maximum atomic E-state index is 11.3. The molecule has 8 heteroatoms. The van der Waals surface area contributed by atoms with Gasteiger partial charge in [0.2, 0.25) is 0 Å². The highest BCUT2D eigenvalue weighted by atomic mass is 32.1. The summed E-state index contributed by atoms with van der Waals surface area (Å²) in [5, 5.41) is 14.2. The fraction of sp³-hybridized carbons (Fsp3) is 0.321. The summed E-state index contributed by atoms with van der Waals surface area (Å²) in [7, 11) is 0. The lowest BCUT2D eigenvalue weighted by molar-refractivity contribution is -0.137. The van der Waals surface area contributed by atoms with Gasteiger partial charge in [-0.25, -0.2) is 4.98 Å². The average Bonchev–Trinajstić information content (AvgIpc) is 3.51. The molecule has 36 heavy (non-hydrogen) atoms. The molecule has 0 aliphatic heterocycles. The Morgan fingerprint density at radius 3 is 2.42 bits per heavy atom. The summed E-state index contributed by atoms with van der Waals surface area (Å²) in [4.78, 5) is 17.2. The summed E-state index contributed by atoms with van der Waals surface area (Å²) >= 11 is 1.63. The predicted molar refractivity (Wildman–Crippen MR) is 139 cm³/mol. The molecule has 0 saturated heterocycles. The molecule has 0 spiro atoms. The van der Waals surface area contributed by atoms with Crippen molar-refractivity contribution in [2.45, 2.75) is 53.1 Å². The van der Waals surface area contributed by atoms with Crippen LogP contribution >= 0.6 is 11.3 Å². The minimum Gasteiger partial charge on any atom is -0.493 e. The maximum absolute atomic E-state index is 11.3. The minimum absolute atomic E-state index is 0.0692. The van der Waals surface area contributed by atoms with E-state index in [1.807, 2.05) is 31.2 Å². The number of carboxylic acid groups (broad SMARTS) is 1. The van der Waals surface area contributed by atoms with Crippen LogP contribution in [-0.2, 0) is 11.4 Å². The fourth-order valence-corrected chi connectivity index (χ4v) is 5.07. The van der Waals surface area contributed by atoms with E-state index in [9.17, 15) is 9.90 Å². The zero-order chi connectivity index (χ0) is 25.7. The van der Waals surface area contributed by atoms with E-state index in [0.29, 0.717) is 24.7 Å². The van der Waals surface area contributed by atoms with Crippen LogP contribution in [0.4, 0.5) is 0 Å². The van der Waals surface area contributed by atoms with E-state index >= 15 is 0 Å². The number of hydrogen-bond donors (Lipinski definition) is 1. The van der Waals surface area contributed by atoms with Crippen molar-refractivity contribution >= 4 is 17.3 Å². The summed E-state index contributed by atoms with van der Waals surface area (Å²) in [6.07, 6.45) is 2.35. The number of rotatable bonds is 11. The minimum atomic E-state index is -0.895. The van der Waals surface area contributed by atoms with Gasteiger partial charge in [0.05, 0.1) is 29.3 Å². The largest absolute Gasteiger partial charge is 0.493 e. The third-order valence-corrected chi connectivity index (χ3v) is 7.08. The highest BCUT2D eigenvalue weighted by molar-refractivity contribution is 7.15. The first-order valence-corrected chi connectivity index (χ1v) is 12.7. The van der Waals surface area contributed by atoms with Crippen molar-refractivity contribution in [3.8, 4) is 22.1 Å². The molecule has 0 unspecified atom stereocenters. The van der Waals surface area contributed by atoms with Gasteiger partial charge in [-0.2, -0.15) is 0 Å². The van der Waals surface area contributed by atoms with E-state index in [4.69, 9.17) is 19.0 Å². The summed E-state index contributed by atoms with van der Waals surface area (Å²) in [5.74, 6) is 0.377. The van der Waals surface area contributed by atoms with Crippen LogP contribution in [0.1, 0.15) is 58.6 Å². The Morgan fingerprint density at radius 2 is 1.81 bits per heavy atom. The molecule has 4 aromatic rings. The second kappa shape index (κ2) is 11.4. The Hall–Kier alpha value is -3.65. The second-order valence-electron chi connectivity index (χ2n) is 8.75. The van der Waals surface area contributed by atoms with Crippen molar-refractivity contribution in [2.75, 3.05) is 6.61 Å². The topological polar surface area (TPSA) is 94.7 Å². The first-order chi connectivity index (χ1) is 17.4. The monoisotopic (exact) mass is 506 g/mol. The van der Waals surface area contributed by atoms with Gasteiger partial charge >= 0.3 is 5.97 Å². The summed E-state index contributed by atoms with van der Waals surface area (Å²) < 4.78 is 16.9. The van der Waals surface area contributed by atoms with Gasteiger partial charge in [0.25, 0.3) is 0 Å². The highest BCUT2D eigenvalue weighted by Gasteiger charge is 2.21. The lowest BCUT2D eigenvalue weighted by Crippen LogP contribution is -2.08. The van der Waals surface area contributed by atoms with Gasteiger partial charge in [-0.15, -0.1) is 11.3 Å². The van der Waals surface area contributed by atoms with E-state index in [-0.39, 0.29) is 12.3 Å². The molecule has 188 valence electrons. The number of aryl methyl sites for hydroxylation is 3. The summed E-state index contributed by atoms with van der Waals surface area (Å²) in [6, 6.07) is 13.4. The fourth-order valence-electron chi connectivity index (χ4n) is 4.11. The van der Waals surface area contributed by atoms with Crippen LogP contribution in [0.2, 0.25) is 0 Å². The van der Waals surface area contributed by atoms with Crippen LogP contribution in [0.3, 0.4) is 0 Å². The zero-order valence-corrected chi connectivity index (χ0v) is 21.7. The van der Waals surface area contributed by atoms with Gasteiger partial charge in [0.1, 0.15) is 29.4 Å². The van der Waals surface area contributed by atoms with Gasteiger partial charge in [0, 0.05) is 17.5 Å². The number of hydrogen-bond acceptors (Lipinski definition) is 7. The van der Waals surface area contributed by atoms with Crippen molar-refractivity contribution in [1.82, 2.24) is 10.1 Å². The normalized spacial score (nSPS) is 11.9. The van der Waals surface area contributed by atoms with Gasteiger partial charge in [0.15, 0.2) is 0 Å². The van der Waals surface area contributed by atoms with E-state index < -0.39 is 5.97 Å². The molecule has 0 aliphatic carbocycles. The molecule has 2 aromatic heterocycles. The van der Waals surface area contributed by atoms with Crippen LogP contribution in [0.15, 0.2) is 53.3 Å². The van der Waals surface area contributed by atoms with Crippen molar-refractivity contribution in [1.29, 1.82) is 0 Å². The van der Waals surface area contributed by atoms with Crippen LogP contribution < -0.4 is 9.47 Å². The van der Waals surface area contributed by atoms with Crippen LogP contribution in [0, 0.1) is 20.8 Å². The van der Waals surface area contributed by atoms with E-state index in [2.05, 4.69) is 38.1 Å². The molecule has 4 rings (SSSR count). The smallest absolute Gasteiger partial charge is 0.304 e. The number of nitrogens with zero attached hydrogens (tertiary/aromatic N) is 2. The van der Waals surface area contributed by atoms with Crippen molar-refractivity contribution in [3.63, 3.8) is 0 Å². The SMILES string of the molecule is CCCOc1c(C)cc(-c2nc(C)c(COc3ccc([C@H](CC(=O)O)c4ccon4)cc3)s2)cc1C. The predicted octanol–water partition coefficient (Wildman–Crippen LogP) is 6.70. The van der Waals surface area contributed by atoms with Crippen molar-refractivity contribution in [3.05, 3.63) is 81.7 Å². The molecule has 0 radical (unpaired) electrons. The lowest BCUT2D eigenvalue weighted by atomic mass is 9.92. The number of thiazole rings is 1. The first-order valence-electron chi connectivity index (χ1n) is 11.9. The number of carbonyl (C=O) groups is 1. The van der Waals surface area contributed by atoms with E-state index in [0.717, 1.165) is 50.0 Å². The number of benzene rings is 2. The van der Waals surface area contributed by atoms with Gasteiger partial charge in [-0.1, -0.05) is 24.2 Å². The maximum Gasteiger partial charge on any atom is 0.304 e. The molecular weight excluding hydrogens is 476 g/mol. The number of aliphatic carboxylic acids is 1. The number of ether oxygens (including phenoxy) is 2.